The van der Waals surface area contributed by atoms with E-state index < -0.39 is 0 Å². The quantitative estimate of drug-likeness (QED) is 0.672. The van der Waals surface area contributed by atoms with Gasteiger partial charge in [-0.25, -0.2) is 9.97 Å². The van der Waals surface area contributed by atoms with Crippen LogP contribution in [0.3, 0.4) is 0 Å². The van der Waals surface area contributed by atoms with E-state index >= 15 is 0 Å². The molecule has 0 amide bonds. The summed E-state index contributed by atoms with van der Waals surface area (Å²) in [6.45, 7) is 5.58. The lowest BCUT2D eigenvalue weighted by atomic mass is 9.78. The summed E-state index contributed by atoms with van der Waals surface area (Å²) in [4.78, 5) is 24.5. The molecule has 5 rings (SSSR count). The zero-order valence-corrected chi connectivity index (χ0v) is 16.1. The normalized spacial score (nSPS) is 18.0. The van der Waals surface area contributed by atoms with E-state index in [1.807, 2.05) is 22.9 Å². The van der Waals surface area contributed by atoms with Gasteiger partial charge in [0.1, 0.15) is 12.4 Å². The molecule has 0 radical (unpaired) electrons. The molecule has 0 saturated heterocycles. The van der Waals surface area contributed by atoms with E-state index in [4.69, 9.17) is 9.72 Å². The number of hydrogen-bond acceptors (Lipinski definition) is 6. The molecule has 7 heteroatoms. The number of ether oxygens (including phenoxy) is 1. The monoisotopic (exact) mass is 380 g/mol. The first-order chi connectivity index (χ1) is 13.0. The Labute approximate surface area is 161 Å². The van der Waals surface area contributed by atoms with Crippen LogP contribution in [0.4, 0.5) is 10.8 Å². The number of fused-ring (bicyclic) bond motifs is 2. The maximum absolute atomic E-state index is 12.6. The Morgan fingerprint density at radius 2 is 2.15 bits per heavy atom. The Bertz CT molecular complexity index is 1020. The van der Waals surface area contributed by atoms with Crippen LogP contribution in [0.15, 0.2) is 36.9 Å². The van der Waals surface area contributed by atoms with Crippen LogP contribution in [0.1, 0.15) is 35.6 Å². The number of Topliss-reactive ketones (excluding diaryl/α,β-unsaturated/α-hetero) is 1. The van der Waals surface area contributed by atoms with Crippen LogP contribution in [0, 0.1) is 5.41 Å². The molecule has 1 aromatic carbocycles. The maximum Gasteiger partial charge on any atom is 0.190 e. The second-order valence-corrected chi connectivity index (χ2v) is 8.81. The molecule has 0 N–H and O–H groups in total. The number of aromatic nitrogens is 3. The van der Waals surface area contributed by atoms with E-state index in [0.29, 0.717) is 19.6 Å². The van der Waals surface area contributed by atoms with Gasteiger partial charge in [-0.05, 0) is 30.0 Å². The molecule has 0 bridgehead atoms. The van der Waals surface area contributed by atoms with E-state index in [-0.39, 0.29) is 11.2 Å². The van der Waals surface area contributed by atoms with Crippen LogP contribution in [0.5, 0.6) is 5.75 Å². The summed E-state index contributed by atoms with van der Waals surface area (Å²) in [5, 5.41) is 0.874. The lowest BCUT2D eigenvalue weighted by molar-refractivity contribution is 0.0916. The Morgan fingerprint density at radius 1 is 1.26 bits per heavy atom. The number of imidazole rings is 1. The molecule has 2 aromatic heterocycles. The van der Waals surface area contributed by atoms with Gasteiger partial charge < -0.3 is 14.2 Å². The molecule has 1 aliphatic heterocycles. The fraction of sp³-hybridized carbons (Fsp3) is 0.350. The fourth-order valence-electron chi connectivity index (χ4n) is 3.80. The second-order valence-electron chi connectivity index (χ2n) is 7.84. The molecule has 27 heavy (non-hydrogen) atoms. The Balaban J connectivity index is 1.57. The molecule has 0 spiro atoms. The summed E-state index contributed by atoms with van der Waals surface area (Å²) in [5.74, 6) is 1.05. The standard InChI is InChI=1S/C20H20N4O2S/c1-20(2)10-14-18(16(25)11-20)27-19(22-14)24-7-8-26-17-4-3-13(9-15(17)24)23-6-5-21-12-23/h3-6,9,12H,7-8,10-11H2,1-2H3. The van der Waals surface area contributed by atoms with Crippen molar-refractivity contribution < 1.29 is 9.53 Å². The number of benzene rings is 1. The van der Waals surface area contributed by atoms with Gasteiger partial charge >= 0.3 is 0 Å². The van der Waals surface area contributed by atoms with Crippen molar-refractivity contribution in [2.24, 2.45) is 5.41 Å². The molecule has 3 aromatic rings. The van der Waals surface area contributed by atoms with Crippen LogP contribution in [-0.4, -0.2) is 33.5 Å². The second kappa shape index (κ2) is 5.92. The van der Waals surface area contributed by atoms with E-state index in [1.54, 1.807) is 12.5 Å². The van der Waals surface area contributed by atoms with Crippen LogP contribution >= 0.6 is 11.3 Å². The zero-order chi connectivity index (χ0) is 18.6. The summed E-state index contributed by atoms with van der Waals surface area (Å²) in [5.41, 5.74) is 2.91. The van der Waals surface area contributed by atoms with Crippen molar-refractivity contribution in [3.63, 3.8) is 0 Å². The molecular weight excluding hydrogens is 360 g/mol. The number of anilines is 2. The van der Waals surface area contributed by atoms with Crippen molar-refractivity contribution >= 4 is 27.9 Å². The molecule has 0 atom stereocenters. The number of nitrogens with zero attached hydrogens (tertiary/aromatic N) is 4. The van der Waals surface area contributed by atoms with Gasteiger partial charge in [0.25, 0.3) is 0 Å². The Kier molecular flexibility index (Phi) is 3.62. The number of carbonyl (C=O) groups is 1. The third kappa shape index (κ3) is 2.82. The fourth-order valence-corrected chi connectivity index (χ4v) is 4.86. The van der Waals surface area contributed by atoms with Crippen molar-refractivity contribution in [1.29, 1.82) is 0 Å². The Hall–Kier alpha value is -2.67. The SMILES string of the molecule is CC1(C)CC(=O)c2sc(N3CCOc4ccc(-n5ccnc5)cc43)nc2C1. The summed E-state index contributed by atoms with van der Waals surface area (Å²) >= 11 is 1.51. The van der Waals surface area contributed by atoms with Crippen LogP contribution in [0.25, 0.3) is 5.69 Å². The van der Waals surface area contributed by atoms with Gasteiger partial charge in [-0.1, -0.05) is 25.2 Å². The van der Waals surface area contributed by atoms with Gasteiger partial charge in [-0.2, -0.15) is 0 Å². The minimum Gasteiger partial charge on any atom is -0.490 e. The largest absolute Gasteiger partial charge is 0.490 e. The van der Waals surface area contributed by atoms with Crippen molar-refractivity contribution in [3.8, 4) is 11.4 Å². The predicted octanol–water partition coefficient (Wildman–Crippen LogP) is 4.01. The number of hydrogen-bond donors (Lipinski definition) is 0. The van der Waals surface area contributed by atoms with E-state index in [9.17, 15) is 4.79 Å². The zero-order valence-electron chi connectivity index (χ0n) is 15.3. The smallest absolute Gasteiger partial charge is 0.190 e. The lowest BCUT2D eigenvalue weighted by Crippen LogP contribution is -2.28. The third-order valence-electron chi connectivity index (χ3n) is 5.06. The molecule has 1 aliphatic carbocycles. The van der Waals surface area contributed by atoms with Crippen molar-refractivity contribution in [1.82, 2.24) is 14.5 Å². The number of rotatable bonds is 2. The van der Waals surface area contributed by atoms with E-state index in [1.165, 1.54) is 11.3 Å². The average molecular weight is 380 g/mol. The summed E-state index contributed by atoms with van der Waals surface area (Å²) in [6.07, 6.45) is 6.89. The van der Waals surface area contributed by atoms with Gasteiger partial charge in [0.15, 0.2) is 10.9 Å². The first-order valence-corrected chi connectivity index (χ1v) is 9.87. The van der Waals surface area contributed by atoms with Gasteiger partial charge in [-0.15, -0.1) is 0 Å². The topological polar surface area (TPSA) is 60.2 Å². The van der Waals surface area contributed by atoms with Gasteiger partial charge in [0.05, 0.1) is 29.1 Å². The first kappa shape index (κ1) is 16.5. The van der Waals surface area contributed by atoms with Gasteiger partial charge in [0.2, 0.25) is 0 Å². The van der Waals surface area contributed by atoms with Crippen molar-refractivity contribution in [3.05, 3.63) is 47.5 Å². The molecule has 0 fully saturated rings. The van der Waals surface area contributed by atoms with Crippen molar-refractivity contribution in [2.75, 3.05) is 18.1 Å². The molecule has 138 valence electrons. The first-order valence-electron chi connectivity index (χ1n) is 9.06. The van der Waals surface area contributed by atoms with Crippen LogP contribution in [-0.2, 0) is 6.42 Å². The molecule has 3 heterocycles. The van der Waals surface area contributed by atoms with Crippen LogP contribution in [0.2, 0.25) is 0 Å². The van der Waals surface area contributed by atoms with Gasteiger partial charge in [0, 0.05) is 24.5 Å². The number of thiazole rings is 1. The highest BCUT2D eigenvalue weighted by Gasteiger charge is 2.35. The van der Waals surface area contributed by atoms with E-state index in [2.05, 4.69) is 29.8 Å². The minimum absolute atomic E-state index is 0.0209. The highest BCUT2D eigenvalue weighted by Crippen LogP contribution is 2.43. The lowest BCUT2D eigenvalue weighted by Gasteiger charge is -2.29. The molecule has 0 saturated carbocycles. The molecule has 2 aliphatic rings. The highest BCUT2D eigenvalue weighted by atomic mass is 32.1. The summed E-state index contributed by atoms with van der Waals surface area (Å²) < 4.78 is 7.81. The molecule has 6 nitrogen and oxygen atoms in total. The van der Waals surface area contributed by atoms with Crippen LogP contribution < -0.4 is 9.64 Å². The number of carbonyl (C=O) groups excluding carboxylic acids is 1. The maximum atomic E-state index is 12.6. The average Bonchev–Trinajstić information content (AvgIpc) is 3.29. The predicted molar refractivity (Wildman–Crippen MR) is 105 cm³/mol. The highest BCUT2D eigenvalue weighted by molar-refractivity contribution is 7.17. The summed E-state index contributed by atoms with van der Waals surface area (Å²) in [7, 11) is 0. The minimum atomic E-state index is -0.0209. The number of ketones is 1. The Morgan fingerprint density at radius 3 is 2.96 bits per heavy atom. The van der Waals surface area contributed by atoms with Gasteiger partial charge in [-0.3, -0.25) is 4.79 Å². The van der Waals surface area contributed by atoms with E-state index in [0.717, 1.165) is 39.2 Å². The van der Waals surface area contributed by atoms with Crippen molar-refractivity contribution in [2.45, 2.75) is 26.7 Å². The molecular formula is C20H20N4O2S. The third-order valence-corrected chi connectivity index (χ3v) is 6.23. The molecule has 0 unspecified atom stereocenters. The summed E-state index contributed by atoms with van der Waals surface area (Å²) in [6, 6.07) is 6.09.